The molecule has 0 aliphatic carbocycles. The molecule has 0 saturated carbocycles. The number of aromatic nitrogens is 2. The van der Waals surface area contributed by atoms with Crippen LogP contribution in [0.4, 0.5) is 0 Å². The minimum atomic E-state index is 0.0235. The maximum Gasteiger partial charge on any atom is 0.274 e. The highest BCUT2D eigenvalue weighted by molar-refractivity contribution is 5.92. The van der Waals surface area contributed by atoms with E-state index < -0.39 is 0 Å². The van der Waals surface area contributed by atoms with Gasteiger partial charge in [-0.3, -0.25) is 19.6 Å². The Balaban J connectivity index is 1.34. The van der Waals surface area contributed by atoms with Crippen LogP contribution in [0.15, 0.2) is 30.2 Å². The molecule has 4 saturated heterocycles. The molecule has 1 aromatic heterocycles. The standard InChI is InChI=1S/C22H33N5O/c1-17(2)5-10-26-14-18-3-4-20(26)16-27(15-18)19-6-11-25(12-7-19)22(28)21-13-23-8-9-24-21/h5,8-9,13,18-20H,3-4,6-7,10-12,14-16H2,1-2H3/t18-,20-/m0/s1. The van der Waals surface area contributed by atoms with E-state index in [1.54, 1.807) is 18.6 Å². The molecule has 1 aromatic rings. The Morgan fingerprint density at radius 1 is 1.07 bits per heavy atom. The van der Waals surface area contributed by atoms with Gasteiger partial charge in [-0.05, 0) is 45.4 Å². The lowest BCUT2D eigenvalue weighted by Crippen LogP contribution is -2.49. The van der Waals surface area contributed by atoms with Crippen molar-refractivity contribution in [1.82, 2.24) is 24.7 Å². The van der Waals surface area contributed by atoms with E-state index in [4.69, 9.17) is 0 Å². The Labute approximate surface area is 168 Å². The van der Waals surface area contributed by atoms with Crippen LogP contribution in [0.25, 0.3) is 0 Å². The number of hydrogen-bond donors (Lipinski definition) is 0. The summed E-state index contributed by atoms with van der Waals surface area (Å²) in [6.07, 6.45) is 12.0. The summed E-state index contributed by atoms with van der Waals surface area (Å²) in [6, 6.07) is 1.30. The molecule has 0 spiro atoms. The summed E-state index contributed by atoms with van der Waals surface area (Å²) in [6.45, 7) is 10.8. The van der Waals surface area contributed by atoms with Gasteiger partial charge in [-0.15, -0.1) is 0 Å². The van der Waals surface area contributed by atoms with Gasteiger partial charge in [0.25, 0.3) is 5.91 Å². The molecule has 4 fully saturated rings. The molecule has 0 N–H and O–H groups in total. The second-order valence-electron chi connectivity index (χ2n) is 8.90. The molecule has 1 amide bonds. The third-order valence-electron chi connectivity index (χ3n) is 6.64. The SMILES string of the molecule is CC(C)=CCN1C[C@@H]2CC[C@H]1CN(C1CCN(C(=O)c3cnccn3)CC1)C2. The van der Waals surface area contributed by atoms with Gasteiger partial charge in [-0.1, -0.05) is 11.6 Å². The molecule has 28 heavy (non-hydrogen) atoms. The molecule has 5 rings (SSSR count). The van der Waals surface area contributed by atoms with Crippen LogP contribution in [0.5, 0.6) is 0 Å². The van der Waals surface area contributed by atoms with Crippen molar-refractivity contribution in [3.8, 4) is 0 Å². The largest absolute Gasteiger partial charge is 0.337 e. The zero-order chi connectivity index (χ0) is 19.5. The van der Waals surface area contributed by atoms with Gasteiger partial charge in [-0.2, -0.15) is 0 Å². The summed E-state index contributed by atoms with van der Waals surface area (Å²) in [5.74, 6) is 0.818. The van der Waals surface area contributed by atoms with Crippen LogP contribution < -0.4 is 0 Å². The van der Waals surface area contributed by atoms with Crippen molar-refractivity contribution < 1.29 is 4.79 Å². The van der Waals surface area contributed by atoms with Gasteiger partial charge in [0.1, 0.15) is 5.69 Å². The van der Waals surface area contributed by atoms with E-state index in [9.17, 15) is 4.79 Å². The zero-order valence-electron chi connectivity index (χ0n) is 17.3. The van der Waals surface area contributed by atoms with E-state index in [0.29, 0.717) is 17.8 Å². The number of piperidine rings is 2. The first-order valence-electron chi connectivity index (χ1n) is 10.8. The topological polar surface area (TPSA) is 52.6 Å². The summed E-state index contributed by atoms with van der Waals surface area (Å²) in [4.78, 5) is 28.2. The van der Waals surface area contributed by atoms with Crippen LogP contribution in [-0.2, 0) is 0 Å². The highest BCUT2D eigenvalue weighted by Crippen LogP contribution is 2.31. The number of allylic oxidation sites excluding steroid dienone is 1. The van der Waals surface area contributed by atoms with E-state index in [0.717, 1.165) is 38.4 Å². The summed E-state index contributed by atoms with van der Waals surface area (Å²) in [7, 11) is 0. The lowest BCUT2D eigenvalue weighted by molar-refractivity contribution is 0.0600. The Kier molecular flexibility index (Phi) is 6.07. The lowest BCUT2D eigenvalue weighted by Gasteiger charge is -2.39. The molecule has 6 heteroatoms. The van der Waals surface area contributed by atoms with E-state index in [-0.39, 0.29) is 5.91 Å². The number of amides is 1. The number of likely N-dealkylation sites (tertiary alicyclic amines) is 1. The van der Waals surface area contributed by atoms with Crippen molar-refractivity contribution >= 4 is 5.91 Å². The third kappa shape index (κ3) is 4.44. The minimum Gasteiger partial charge on any atom is -0.337 e. The molecule has 2 bridgehead atoms. The molecule has 5 heterocycles. The van der Waals surface area contributed by atoms with Crippen molar-refractivity contribution in [1.29, 1.82) is 0 Å². The molecule has 6 nitrogen and oxygen atoms in total. The highest BCUT2D eigenvalue weighted by Gasteiger charge is 2.37. The van der Waals surface area contributed by atoms with Gasteiger partial charge in [0.2, 0.25) is 0 Å². The second-order valence-corrected chi connectivity index (χ2v) is 8.90. The quantitative estimate of drug-likeness (QED) is 0.748. The molecule has 152 valence electrons. The maximum absolute atomic E-state index is 12.6. The minimum absolute atomic E-state index is 0.0235. The smallest absolute Gasteiger partial charge is 0.274 e. The van der Waals surface area contributed by atoms with Crippen molar-refractivity contribution in [3.63, 3.8) is 0 Å². The van der Waals surface area contributed by atoms with Gasteiger partial charge in [-0.25, -0.2) is 4.98 Å². The molecule has 2 atom stereocenters. The van der Waals surface area contributed by atoms with E-state index >= 15 is 0 Å². The first-order chi connectivity index (χ1) is 13.6. The Morgan fingerprint density at radius 3 is 2.61 bits per heavy atom. The number of carbonyl (C=O) groups is 1. The number of carbonyl (C=O) groups excluding carboxylic acids is 1. The Morgan fingerprint density at radius 2 is 1.89 bits per heavy atom. The van der Waals surface area contributed by atoms with Gasteiger partial charge >= 0.3 is 0 Å². The fourth-order valence-corrected chi connectivity index (χ4v) is 5.04. The van der Waals surface area contributed by atoms with Gasteiger partial charge in [0.05, 0.1) is 6.20 Å². The molecule has 0 radical (unpaired) electrons. The van der Waals surface area contributed by atoms with Gasteiger partial charge in [0, 0.05) is 63.7 Å². The van der Waals surface area contributed by atoms with E-state index in [1.165, 1.54) is 38.0 Å². The summed E-state index contributed by atoms with van der Waals surface area (Å²) in [5, 5.41) is 0. The van der Waals surface area contributed by atoms with Crippen molar-refractivity contribution in [2.24, 2.45) is 5.92 Å². The van der Waals surface area contributed by atoms with E-state index in [2.05, 4.69) is 39.7 Å². The van der Waals surface area contributed by atoms with Crippen molar-refractivity contribution in [2.75, 3.05) is 39.3 Å². The van der Waals surface area contributed by atoms with Crippen LogP contribution in [0.3, 0.4) is 0 Å². The van der Waals surface area contributed by atoms with Crippen molar-refractivity contribution in [3.05, 3.63) is 35.9 Å². The second kappa shape index (κ2) is 8.70. The number of rotatable bonds is 4. The van der Waals surface area contributed by atoms with Gasteiger partial charge in [0.15, 0.2) is 0 Å². The van der Waals surface area contributed by atoms with Crippen LogP contribution in [0, 0.1) is 5.92 Å². The Bertz CT molecular complexity index is 694. The Hall–Kier alpha value is -1.79. The summed E-state index contributed by atoms with van der Waals surface area (Å²) in [5.41, 5.74) is 1.88. The van der Waals surface area contributed by atoms with Crippen LogP contribution in [0.1, 0.15) is 50.0 Å². The molecule has 0 unspecified atom stereocenters. The maximum atomic E-state index is 12.6. The number of hydrogen-bond acceptors (Lipinski definition) is 5. The fourth-order valence-electron chi connectivity index (χ4n) is 5.04. The predicted molar refractivity (Wildman–Crippen MR) is 110 cm³/mol. The van der Waals surface area contributed by atoms with Crippen LogP contribution in [-0.4, -0.2) is 81.9 Å². The number of nitrogens with zero attached hydrogens (tertiary/aromatic N) is 5. The first kappa shape index (κ1) is 19.5. The molecule has 4 aliphatic rings. The van der Waals surface area contributed by atoms with Gasteiger partial charge < -0.3 is 4.90 Å². The molecular weight excluding hydrogens is 350 g/mol. The lowest BCUT2D eigenvalue weighted by atomic mass is 9.95. The fraction of sp³-hybridized carbons (Fsp3) is 0.682. The predicted octanol–water partition coefficient (Wildman–Crippen LogP) is 2.44. The monoisotopic (exact) mass is 383 g/mol. The summed E-state index contributed by atoms with van der Waals surface area (Å²) < 4.78 is 0. The molecule has 0 aromatic carbocycles. The molecule has 4 aliphatic heterocycles. The first-order valence-corrected chi connectivity index (χ1v) is 10.8. The highest BCUT2D eigenvalue weighted by atomic mass is 16.2. The average molecular weight is 384 g/mol. The zero-order valence-corrected chi connectivity index (χ0v) is 17.3. The summed E-state index contributed by atoms with van der Waals surface area (Å²) >= 11 is 0. The third-order valence-corrected chi connectivity index (χ3v) is 6.64. The van der Waals surface area contributed by atoms with Crippen LogP contribution >= 0.6 is 0 Å². The normalized spacial score (nSPS) is 26.9. The van der Waals surface area contributed by atoms with Crippen molar-refractivity contribution in [2.45, 2.75) is 51.6 Å². The molecular formula is C22H33N5O. The van der Waals surface area contributed by atoms with Crippen LogP contribution in [0.2, 0.25) is 0 Å². The average Bonchev–Trinajstić information content (AvgIpc) is 3.04. The number of fused-ring (bicyclic) bond motifs is 4. The van der Waals surface area contributed by atoms with E-state index in [1.807, 2.05) is 4.90 Å².